The third-order valence-electron chi connectivity index (χ3n) is 4.07. The zero-order valence-electron chi connectivity index (χ0n) is 16.0. The Balaban J connectivity index is 1.75. The van der Waals surface area contributed by atoms with Crippen molar-refractivity contribution in [2.75, 3.05) is 0 Å². The molecule has 11 nitrogen and oxygen atoms in total. The number of aromatic hydroxyl groups is 1. The number of hydrogen-bond donors (Lipinski definition) is 3. The van der Waals surface area contributed by atoms with E-state index in [0.717, 1.165) is 4.57 Å². The van der Waals surface area contributed by atoms with E-state index in [1.807, 2.05) is 0 Å². The Morgan fingerprint density at radius 3 is 2.43 bits per heavy atom. The van der Waals surface area contributed by atoms with E-state index in [4.69, 9.17) is 4.42 Å². The molecular weight excluding hydrogens is 399 g/mol. The van der Waals surface area contributed by atoms with Gasteiger partial charge in [-0.05, 0) is 17.7 Å². The van der Waals surface area contributed by atoms with E-state index in [1.165, 1.54) is 38.2 Å². The van der Waals surface area contributed by atoms with Crippen LogP contribution in [0.3, 0.4) is 0 Å². The molecule has 0 saturated carbocycles. The predicted molar refractivity (Wildman–Crippen MR) is 98.9 cm³/mol. The Labute approximate surface area is 168 Å². The molecule has 1 aromatic carbocycles. The maximum absolute atomic E-state index is 13.0. The quantitative estimate of drug-likeness (QED) is 0.514. The van der Waals surface area contributed by atoms with Crippen LogP contribution in [0.15, 0.2) is 33.5 Å². The van der Waals surface area contributed by atoms with Gasteiger partial charge in [-0.15, -0.1) is 10.2 Å². The molecule has 0 aliphatic rings. The van der Waals surface area contributed by atoms with Gasteiger partial charge in [-0.25, -0.2) is 9.37 Å². The summed E-state index contributed by atoms with van der Waals surface area (Å²) in [6.07, 6.45) is 0. The molecule has 2 amide bonds. The summed E-state index contributed by atoms with van der Waals surface area (Å²) in [5.74, 6) is -2.82. The van der Waals surface area contributed by atoms with Gasteiger partial charge in [-0.3, -0.25) is 19.0 Å². The van der Waals surface area contributed by atoms with Gasteiger partial charge in [0.2, 0.25) is 11.6 Å². The van der Waals surface area contributed by atoms with Crippen molar-refractivity contribution in [3.8, 4) is 5.75 Å². The highest BCUT2D eigenvalue weighted by Gasteiger charge is 2.21. The van der Waals surface area contributed by atoms with Crippen LogP contribution >= 0.6 is 0 Å². The van der Waals surface area contributed by atoms with Crippen molar-refractivity contribution < 1.29 is 23.5 Å². The van der Waals surface area contributed by atoms with Crippen LogP contribution in [0.1, 0.15) is 38.5 Å². The van der Waals surface area contributed by atoms with Crippen molar-refractivity contribution in [2.24, 2.45) is 7.05 Å². The Morgan fingerprint density at radius 1 is 1.13 bits per heavy atom. The average Bonchev–Trinajstić information content (AvgIpc) is 3.17. The van der Waals surface area contributed by atoms with Crippen LogP contribution < -0.4 is 16.2 Å². The minimum atomic E-state index is -0.866. The van der Waals surface area contributed by atoms with E-state index < -0.39 is 34.6 Å². The first-order valence-electron chi connectivity index (χ1n) is 8.66. The predicted octanol–water partition coefficient (Wildman–Crippen LogP) is 0.176. The molecule has 0 radical (unpaired) electrons. The Bertz CT molecular complexity index is 1150. The van der Waals surface area contributed by atoms with Gasteiger partial charge in [-0.2, -0.15) is 0 Å². The molecule has 30 heavy (non-hydrogen) atoms. The maximum atomic E-state index is 13.0. The normalized spacial score (nSPS) is 10.6. The standard InChI is InChI=1S/C18H17FN6O5/c1-9-23-24-17(30-9)16(28)21-8-12-22-13(14(26)18(29)25(12)2)15(27)20-7-10-3-5-11(19)6-4-10/h3-6,26H,7-8H2,1-2H3,(H,20,27)(H,21,28). The highest BCUT2D eigenvalue weighted by atomic mass is 19.1. The van der Waals surface area contributed by atoms with Crippen LogP contribution in [-0.4, -0.2) is 36.7 Å². The third kappa shape index (κ3) is 4.48. The van der Waals surface area contributed by atoms with Crippen LogP contribution in [0.4, 0.5) is 4.39 Å². The molecule has 0 atom stereocenters. The van der Waals surface area contributed by atoms with Gasteiger partial charge in [-0.1, -0.05) is 12.1 Å². The lowest BCUT2D eigenvalue weighted by molar-refractivity contribution is 0.0913. The number of hydrogen-bond acceptors (Lipinski definition) is 8. The number of carbonyl (C=O) groups excluding carboxylic acids is 2. The van der Waals surface area contributed by atoms with Gasteiger partial charge in [0.1, 0.15) is 11.6 Å². The molecule has 2 aromatic heterocycles. The summed E-state index contributed by atoms with van der Waals surface area (Å²) in [5.41, 5.74) is -0.761. The SMILES string of the molecule is Cc1nnc(C(=O)NCc2nc(C(=O)NCc3ccc(F)cc3)c(O)c(=O)n2C)o1. The van der Waals surface area contributed by atoms with Gasteiger partial charge in [0.25, 0.3) is 11.5 Å². The molecule has 3 rings (SSSR count). The number of nitrogens with zero attached hydrogens (tertiary/aromatic N) is 4. The van der Waals surface area contributed by atoms with E-state index in [9.17, 15) is 23.9 Å². The second-order valence-electron chi connectivity index (χ2n) is 6.21. The number of aryl methyl sites for hydroxylation is 1. The van der Waals surface area contributed by atoms with E-state index in [2.05, 4.69) is 25.8 Å². The molecule has 3 N–H and O–H groups in total. The summed E-state index contributed by atoms with van der Waals surface area (Å²) in [7, 11) is 1.33. The molecule has 0 fully saturated rings. The minimum Gasteiger partial charge on any atom is -0.501 e. The monoisotopic (exact) mass is 416 g/mol. The first kappa shape index (κ1) is 20.6. The lowest BCUT2D eigenvalue weighted by atomic mass is 10.2. The van der Waals surface area contributed by atoms with Gasteiger partial charge in [0.05, 0.1) is 6.54 Å². The Kier molecular flexibility index (Phi) is 5.85. The number of amides is 2. The number of halogens is 1. The molecular formula is C18H17FN6O5. The van der Waals surface area contributed by atoms with Crippen molar-refractivity contribution in [1.82, 2.24) is 30.4 Å². The third-order valence-corrected chi connectivity index (χ3v) is 4.07. The van der Waals surface area contributed by atoms with Gasteiger partial charge < -0.3 is 20.2 Å². The number of nitrogens with one attached hydrogen (secondary N) is 2. The fraction of sp³-hybridized carbons (Fsp3) is 0.222. The summed E-state index contributed by atoms with van der Waals surface area (Å²) in [6.45, 7) is 1.30. The maximum Gasteiger partial charge on any atom is 0.309 e. The van der Waals surface area contributed by atoms with Gasteiger partial charge in [0.15, 0.2) is 5.69 Å². The zero-order chi connectivity index (χ0) is 21.8. The van der Waals surface area contributed by atoms with Crippen molar-refractivity contribution >= 4 is 11.8 Å². The van der Waals surface area contributed by atoms with Gasteiger partial charge in [0, 0.05) is 20.5 Å². The highest BCUT2D eigenvalue weighted by molar-refractivity contribution is 5.94. The van der Waals surface area contributed by atoms with E-state index in [-0.39, 0.29) is 30.7 Å². The summed E-state index contributed by atoms with van der Waals surface area (Å²) in [5, 5.41) is 22.1. The molecule has 0 aliphatic carbocycles. The number of carbonyl (C=O) groups is 2. The van der Waals surface area contributed by atoms with Crippen molar-refractivity contribution in [1.29, 1.82) is 0 Å². The summed E-state index contributed by atoms with van der Waals surface area (Å²) in [6, 6.07) is 5.43. The molecule has 12 heteroatoms. The van der Waals surface area contributed by atoms with Crippen LogP contribution in [-0.2, 0) is 20.1 Å². The molecule has 0 saturated heterocycles. The number of benzene rings is 1. The van der Waals surface area contributed by atoms with Crippen LogP contribution in [0.25, 0.3) is 0 Å². The van der Waals surface area contributed by atoms with E-state index in [1.54, 1.807) is 0 Å². The number of aromatic nitrogens is 4. The molecule has 0 aliphatic heterocycles. The fourth-order valence-electron chi connectivity index (χ4n) is 2.44. The van der Waals surface area contributed by atoms with Crippen LogP contribution in [0.5, 0.6) is 5.75 Å². The molecule has 156 valence electrons. The topological polar surface area (TPSA) is 152 Å². The van der Waals surface area contributed by atoms with E-state index in [0.29, 0.717) is 5.56 Å². The molecule has 0 spiro atoms. The second-order valence-corrected chi connectivity index (χ2v) is 6.21. The number of rotatable bonds is 6. The Morgan fingerprint density at radius 2 is 1.80 bits per heavy atom. The largest absolute Gasteiger partial charge is 0.501 e. The molecule has 2 heterocycles. The van der Waals surface area contributed by atoms with Gasteiger partial charge >= 0.3 is 11.8 Å². The second kappa shape index (κ2) is 8.51. The van der Waals surface area contributed by atoms with Crippen molar-refractivity contribution in [3.63, 3.8) is 0 Å². The smallest absolute Gasteiger partial charge is 0.309 e. The summed E-state index contributed by atoms with van der Waals surface area (Å²) < 4.78 is 18.9. The van der Waals surface area contributed by atoms with Crippen LogP contribution in [0, 0.1) is 12.7 Å². The molecule has 3 aromatic rings. The summed E-state index contributed by atoms with van der Waals surface area (Å²) in [4.78, 5) is 40.7. The Hall–Kier alpha value is -4.09. The molecule has 0 bridgehead atoms. The first-order valence-corrected chi connectivity index (χ1v) is 8.66. The fourth-order valence-corrected chi connectivity index (χ4v) is 2.44. The minimum absolute atomic E-state index is 0.00863. The van der Waals surface area contributed by atoms with E-state index >= 15 is 0 Å². The lowest BCUT2D eigenvalue weighted by Crippen LogP contribution is -2.33. The van der Waals surface area contributed by atoms with Crippen molar-refractivity contribution in [3.05, 3.63) is 69.3 Å². The van der Waals surface area contributed by atoms with Crippen molar-refractivity contribution in [2.45, 2.75) is 20.0 Å². The average molecular weight is 416 g/mol. The lowest BCUT2D eigenvalue weighted by Gasteiger charge is -2.12. The summed E-state index contributed by atoms with van der Waals surface area (Å²) >= 11 is 0. The first-order chi connectivity index (χ1) is 14.3. The highest BCUT2D eigenvalue weighted by Crippen LogP contribution is 2.10. The zero-order valence-corrected chi connectivity index (χ0v) is 16.0. The van der Waals surface area contributed by atoms with Crippen LogP contribution in [0.2, 0.25) is 0 Å². The molecule has 0 unspecified atom stereocenters.